The van der Waals surface area contributed by atoms with Crippen LogP contribution in [0.25, 0.3) is 5.69 Å². The number of hydrogen-bond donors (Lipinski definition) is 3. The summed E-state index contributed by atoms with van der Waals surface area (Å²) in [5.41, 5.74) is 1.89. The van der Waals surface area contributed by atoms with E-state index in [0.717, 1.165) is 30.8 Å². The van der Waals surface area contributed by atoms with E-state index >= 15 is 0 Å². The van der Waals surface area contributed by atoms with Crippen LogP contribution in [0.4, 0.5) is 0 Å². The van der Waals surface area contributed by atoms with E-state index in [1.165, 1.54) is 10.7 Å². The molecule has 2 unspecified atom stereocenters. The summed E-state index contributed by atoms with van der Waals surface area (Å²) in [6.07, 6.45) is 0.899. The Morgan fingerprint density at radius 3 is 2.74 bits per heavy atom. The van der Waals surface area contributed by atoms with Crippen LogP contribution in [0.1, 0.15) is 29.4 Å². The highest BCUT2D eigenvalue weighted by Crippen LogP contribution is 2.11. The third-order valence-electron chi connectivity index (χ3n) is 4.36. The Hall–Kier alpha value is -2.34. The number of rotatable bonds is 3. The number of amides is 1. The van der Waals surface area contributed by atoms with Crippen molar-refractivity contribution in [1.29, 1.82) is 0 Å². The zero-order valence-electron chi connectivity index (χ0n) is 13.4. The third-order valence-corrected chi connectivity index (χ3v) is 4.36. The number of benzene rings is 1. The lowest BCUT2D eigenvalue weighted by Gasteiger charge is -2.29. The number of carbonyl (C=O) groups is 1. The van der Waals surface area contributed by atoms with Gasteiger partial charge in [0.1, 0.15) is 5.69 Å². The van der Waals surface area contributed by atoms with Gasteiger partial charge in [0.15, 0.2) is 0 Å². The first-order valence-electron chi connectivity index (χ1n) is 7.95. The zero-order chi connectivity index (χ0) is 16.4. The average Bonchev–Trinajstić information content (AvgIpc) is 2.92. The number of carbonyl (C=O) groups excluding carboxylic acids is 1. The minimum Gasteiger partial charge on any atom is -0.348 e. The summed E-state index contributed by atoms with van der Waals surface area (Å²) in [6.45, 7) is 5.89. The van der Waals surface area contributed by atoms with Crippen LogP contribution in [0, 0.1) is 12.8 Å². The molecule has 0 radical (unpaired) electrons. The lowest BCUT2D eigenvalue weighted by atomic mass is 9.95. The summed E-state index contributed by atoms with van der Waals surface area (Å²) in [5, 5.41) is 9.23. The molecule has 2 atom stereocenters. The predicted molar refractivity (Wildman–Crippen MR) is 89.0 cm³/mol. The summed E-state index contributed by atoms with van der Waals surface area (Å²) in [6, 6.07) is 9.04. The Morgan fingerprint density at radius 1 is 1.30 bits per heavy atom. The van der Waals surface area contributed by atoms with E-state index in [2.05, 4.69) is 22.7 Å². The zero-order valence-corrected chi connectivity index (χ0v) is 13.4. The maximum atomic E-state index is 12.4. The van der Waals surface area contributed by atoms with Gasteiger partial charge < -0.3 is 10.6 Å². The molecular formula is C17H22N4O2. The largest absolute Gasteiger partial charge is 0.348 e. The Balaban J connectivity index is 1.78. The number of aromatic amines is 1. The number of piperidine rings is 1. The van der Waals surface area contributed by atoms with Gasteiger partial charge >= 0.3 is 0 Å². The molecule has 3 rings (SSSR count). The fraction of sp³-hybridized carbons (Fsp3) is 0.412. The topological polar surface area (TPSA) is 78.9 Å². The molecule has 3 N–H and O–H groups in total. The molecule has 0 saturated carbocycles. The smallest absolute Gasteiger partial charge is 0.271 e. The molecule has 1 amide bonds. The van der Waals surface area contributed by atoms with Crippen LogP contribution < -0.4 is 16.2 Å². The van der Waals surface area contributed by atoms with Gasteiger partial charge in [0.25, 0.3) is 11.5 Å². The first-order chi connectivity index (χ1) is 11.0. The standard InChI is InChI=1S/C17H22N4O2/c1-11-3-5-13(6-4-11)21-16(22)9-15(20-21)17(23)19-14-7-8-18-10-12(14)2/h3-6,9,12,14,18,20H,7-8,10H2,1-2H3,(H,19,23). The van der Waals surface area contributed by atoms with Crippen molar-refractivity contribution in [3.05, 3.63) is 51.9 Å². The highest BCUT2D eigenvalue weighted by Gasteiger charge is 2.24. The minimum absolute atomic E-state index is 0.134. The van der Waals surface area contributed by atoms with Gasteiger partial charge in [0, 0.05) is 12.1 Å². The van der Waals surface area contributed by atoms with Crippen LogP contribution in [-0.2, 0) is 0 Å². The molecule has 0 bridgehead atoms. The maximum absolute atomic E-state index is 12.4. The summed E-state index contributed by atoms with van der Waals surface area (Å²) in [7, 11) is 0. The molecule has 1 aromatic heterocycles. The Bertz CT molecular complexity index is 745. The van der Waals surface area contributed by atoms with Crippen LogP contribution >= 0.6 is 0 Å². The third kappa shape index (κ3) is 3.37. The van der Waals surface area contributed by atoms with Gasteiger partial charge in [-0.15, -0.1) is 0 Å². The van der Waals surface area contributed by atoms with Gasteiger partial charge in [-0.25, -0.2) is 4.68 Å². The molecule has 6 nitrogen and oxygen atoms in total. The molecule has 2 heterocycles. The second-order valence-electron chi connectivity index (χ2n) is 6.23. The van der Waals surface area contributed by atoms with Crippen molar-refractivity contribution in [2.45, 2.75) is 26.3 Å². The van der Waals surface area contributed by atoms with Crippen molar-refractivity contribution in [3.8, 4) is 5.69 Å². The first kappa shape index (κ1) is 15.6. The molecule has 1 aliphatic heterocycles. The van der Waals surface area contributed by atoms with Crippen LogP contribution in [-0.4, -0.2) is 34.8 Å². The number of nitrogens with one attached hydrogen (secondary N) is 3. The van der Waals surface area contributed by atoms with Crippen LogP contribution in [0.5, 0.6) is 0 Å². The van der Waals surface area contributed by atoms with Gasteiger partial charge in [0.05, 0.1) is 5.69 Å². The quantitative estimate of drug-likeness (QED) is 0.796. The van der Waals surface area contributed by atoms with Crippen LogP contribution in [0.3, 0.4) is 0 Å². The normalized spacial score (nSPS) is 21.1. The molecule has 0 spiro atoms. The van der Waals surface area contributed by atoms with Gasteiger partial charge in [-0.05, 0) is 44.5 Å². The molecule has 2 aromatic rings. The molecule has 122 valence electrons. The van der Waals surface area contributed by atoms with E-state index in [0.29, 0.717) is 11.6 Å². The van der Waals surface area contributed by atoms with Gasteiger partial charge in [-0.3, -0.25) is 14.7 Å². The minimum atomic E-state index is -0.239. The van der Waals surface area contributed by atoms with E-state index in [4.69, 9.17) is 0 Å². The molecule has 1 fully saturated rings. The monoisotopic (exact) mass is 314 g/mol. The maximum Gasteiger partial charge on any atom is 0.271 e. The van der Waals surface area contributed by atoms with Crippen molar-refractivity contribution < 1.29 is 4.79 Å². The van der Waals surface area contributed by atoms with Crippen molar-refractivity contribution in [3.63, 3.8) is 0 Å². The highest BCUT2D eigenvalue weighted by atomic mass is 16.2. The van der Waals surface area contributed by atoms with E-state index in [1.807, 2.05) is 31.2 Å². The van der Waals surface area contributed by atoms with Crippen molar-refractivity contribution >= 4 is 5.91 Å². The van der Waals surface area contributed by atoms with Gasteiger partial charge in [-0.1, -0.05) is 24.6 Å². The van der Waals surface area contributed by atoms with Gasteiger partial charge in [0.2, 0.25) is 0 Å². The highest BCUT2D eigenvalue weighted by molar-refractivity contribution is 5.92. The number of H-pyrrole nitrogens is 1. The number of nitrogens with zero attached hydrogens (tertiary/aromatic N) is 1. The summed E-state index contributed by atoms with van der Waals surface area (Å²) in [5.74, 6) is 0.144. The first-order valence-corrected chi connectivity index (χ1v) is 7.95. The molecule has 1 saturated heterocycles. The van der Waals surface area contributed by atoms with E-state index in [-0.39, 0.29) is 17.5 Å². The second kappa shape index (κ2) is 6.42. The van der Waals surface area contributed by atoms with Gasteiger partial charge in [-0.2, -0.15) is 0 Å². The van der Waals surface area contributed by atoms with Crippen LogP contribution in [0.15, 0.2) is 35.1 Å². The van der Waals surface area contributed by atoms with E-state index in [9.17, 15) is 9.59 Å². The molecule has 1 aliphatic rings. The fourth-order valence-corrected chi connectivity index (χ4v) is 2.87. The average molecular weight is 314 g/mol. The molecule has 0 aliphatic carbocycles. The van der Waals surface area contributed by atoms with Crippen LogP contribution in [0.2, 0.25) is 0 Å². The number of aromatic nitrogens is 2. The lowest BCUT2D eigenvalue weighted by Crippen LogP contribution is -2.48. The van der Waals surface area contributed by atoms with Crippen molar-refractivity contribution in [2.75, 3.05) is 13.1 Å². The molecular weight excluding hydrogens is 292 g/mol. The Kier molecular flexibility index (Phi) is 4.34. The second-order valence-corrected chi connectivity index (χ2v) is 6.23. The molecule has 23 heavy (non-hydrogen) atoms. The van der Waals surface area contributed by atoms with Crippen molar-refractivity contribution in [1.82, 2.24) is 20.4 Å². The molecule has 6 heteroatoms. The SMILES string of the molecule is Cc1ccc(-n2[nH]c(C(=O)NC3CCNCC3C)cc2=O)cc1. The Morgan fingerprint density at radius 2 is 2.04 bits per heavy atom. The number of aryl methyl sites for hydroxylation is 1. The number of hydrogen-bond acceptors (Lipinski definition) is 3. The summed E-state index contributed by atoms with van der Waals surface area (Å²) < 4.78 is 1.39. The molecule has 1 aromatic carbocycles. The van der Waals surface area contributed by atoms with Crippen molar-refractivity contribution in [2.24, 2.45) is 5.92 Å². The summed E-state index contributed by atoms with van der Waals surface area (Å²) >= 11 is 0. The lowest BCUT2D eigenvalue weighted by molar-refractivity contribution is 0.0908. The fourth-order valence-electron chi connectivity index (χ4n) is 2.87. The van der Waals surface area contributed by atoms with E-state index in [1.54, 1.807) is 0 Å². The summed E-state index contributed by atoms with van der Waals surface area (Å²) in [4.78, 5) is 24.5. The predicted octanol–water partition coefficient (Wildman–Crippen LogP) is 1.20. The Labute approximate surface area is 134 Å². The van der Waals surface area contributed by atoms with E-state index < -0.39 is 0 Å².